The van der Waals surface area contributed by atoms with E-state index in [-0.39, 0.29) is 12.0 Å². The van der Waals surface area contributed by atoms with Crippen LogP contribution in [0.4, 0.5) is 4.79 Å². The number of piperidine rings is 1. The van der Waals surface area contributed by atoms with Gasteiger partial charge in [-0.3, -0.25) is 0 Å². The first-order valence-electron chi connectivity index (χ1n) is 10.7. The van der Waals surface area contributed by atoms with Crippen LogP contribution in [0, 0.1) is 5.92 Å². The molecule has 5 rings (SSSR count). The molecular formula is C24H28N2O3. The molecular weight excluding hydrogens is 364 g/mol. The van der Waals surface area contributed by atoms with Gasteiger partial charge in [-0.05, 0) is 47.4 Å². The van der Waals surface area contributed by atoms with Crippen LogP contribution in [0.5, 0.6) is 0 Å². The van der Waals surface area contributed by atoms with Crippen molar-refractivity contribution in [3.05, 3.63) is 59.7 Å². The van der Waals surface area contributed by atoms with Gasteiger partial charge in [-0.1, -0.05) is 48.5 Å². The van der Waals surface area contributed by atoms with E-state index in [2.05, 4.69) is 59.2 Å². The number of rotatable bonds is 5. The van der Waals surface area contributed by atoms with Crippen molar-refractivity contribution in [2.45, 2.75) is 37.3 Å². The van der Waals surface area contributed by atoms with Crippen molar-refractivity contribution in [1.82, 2.24) is 10.6 Å². The van der Waals surface area contributed by atoms with Gasteiger partial charge in [0.1, 0.15) is 6.61 Å². The lowest BCUT2D eigenvalue weighted by atomic mass is 9.85. The average Bonchev–Trinajstić information content (AvgIpc) is 3.06. The average molecular weight is 392 g/mol. The fourth-order valence-electron chi connectivity index (χ4n) is 5.22. The lowest BCUT2D eigenvalue weighted by Gasteiger charge is -2.40. The van der Waals surface area contributed by atoms with E-state index in [1.165, 1.54) is 22.3 Å². The van der Waals surface area contributed by atoms with E-state index in [4.69, 9.17) is 9.47 Å². The summed E-state index contributed by atoms with van der Waals surface area (Å²) in [6.07, 6.45) is 2.94. The number of hydrogen-bond acceptors (Lipinski definition) is 4. The summed E-state index contributed by atoms with van der Waals surface area (Å²) in [4.78, 5) is 12.3. The van der Waals surface area contributed by atoms with Crippen LogP contribution in [0.25, 0.3) is 11.1 Å². The van der Waals surface area contributed by atoms with Crippen LogP contribution in [0.15, 0.2) is 48.5 Å². The molecule has 2 aliphatic heterocycles. The Morgan fingerprint density at radius 3 is 2.28 bits per heavy atom. The van der Waals surface area contributed by atoms with Crippen LogP contribution < -0.4 is 10.6 Å². The summed E-state index contributed by atoms with van der Waals surface area (Å²) in [7, 11) is 0. The highest BCUT2D eigenvalue weighted by Crippen LogP contribution is 2.44. The fourth-order valence-corrected chi connectivity index (χ4v) is 5.22. The van der Waals surface area contributed by atoms with Gasteiger partial charge in [0.05, 0.1) is 13.2 Å². The fraction of sp³-hybridized carbons (Fsp3) is 0.458. The highest BCUT2D eigenvalue weighted by Gasteiger charge is 2.32. The topological polar surface area (TPSA) is 59.6 Å². The lowest BCUT2D eigenvalue weighted by Crippen LogP contribution is -2.54. The third-order valence-corrected chi connectivity index (χ3v) is 6.51. The largest absolute Gasteiger partial charge is 0.449 e. The Bertz CT molecular complexity index is 826. The molecule has 2 atom stereocenters. The molecule has 1 amide bonds. The molecule has 2 fully saturated rings. The summed E-state index contributed by atoms with van der Waals surface area (Å²) in [5.41, 5.74) is 4.98. The molecule has 29 heavy (non-hydrogen) atoms. The van der Waals surface area contributed by atoms with Crippen LogP contribution in [-0.4, -0.2) is 44.5 Å². The zero-order valence-electron chi connectivity index (χ0n) is 16.6. The Labute approximate surface area is 171 Å². The quantitative estimate of drug-likeness (QED) is 0.815. The summed E-state index contributed by atoms with van der Waals surface area (Å²) in [6.45, 7) is 2.66. The second kappa shape index (κ2) is 8.17. The zero-order chi connectivity index (χ0) is 19.6. The van der Waals surface area contributed by atoms with Gasteiger partial charge in [0.25, 0.3) is 0 Å². The number of carbonyl (C=O) groups excluding carboxylic acids is 1. The maximum atomic E-state index is 12.3. The van der Waals surface area contributed by atoms with Crippen molar-refractivity contribution in [1.29, 1.82) is 0 Å². The van der Waals surface area contributed by atoms with Crippen molar-refractivity contribution >= 4 is 6.09 Å². The molecule has 2 heterocycles. The van der Waals surface area contributed by atoms with E-state index in [1.54, 1.807) is 0 Å². The summed E-state index contributed by atoms with van der Waals surface area (Å²) < 4.78 is 11.2. The maximum absolute atomic E-state index is 12.3. The number of fused-ring (bicyclic) bond motifs is 5. The summed E-state index contributed by atoms with van der Waals surface area (Å²) >= 11 is 0. The molecule has 3 aliphatic rings. The molecule has 2 unspecified atom stereocenters. The minimum absolute atomic E-state index is 0.108. The Hall–Kier alpha value is -2.37. The number of morpholine rings is 1. The van der Waals surface area contributed by atoms with Crippen molar-refractivity contribution in [2.24, 2.45) is 5.92 Å². The molecule has 2 saturated heterocycles. The van der Waals surface area contributed by atoms with Gasteiger partial charge < -0.3 is 20.1 Å². The molecule has 0 saturated carbocycles. The Morgan fingerprint density at radius 1 is 1.00 bits per heavy atom. The van der Waals surface area contributed by atoms with E-state index >= 15 is 0 Å². The third-order valence-electron chi connectivity index (χ3n) is 6.51. The number of nitrogens with one attached hydrogen (secondary N) is 2. The molecule has 2 aromatic carbocycles. The lowest BCUT2D eigenvalue weighted by molar-refractivity contribution is 0.00693. The first-order chi connectivity index (χ1) is 14.3. The number of alkyl carbamates (subject to hydrolysis) is 1. The van der Waals surface area contributed by atoms with Crippen molar-refractivity contribution < 1.29 is 14.3 Å². The molecule has 1 aliphatic carbocycles. The number of benzene rings is 2. The van der Waals surface area contributed by atoms with E-state index in [9.17, 15) is 4.79 Å². The highest BCUT2D eigenvalue weighted by molar-refractivity contribution is 5.79. The van der Waals surface area contributed by atoms with Gasteiger partial charge in [-0.2, -0.15) is 0 Å². The van der Waals surface area contributed by atoms with E-state index in [0.717, 1.165) is 32.5 Å². The molecule has 5 nitrogen and oxygen atoms in total. The Balaban J connectivity index is 1.13. The van der Waals surface area contributed by atoms with E-state index in [1.807, 2.05) is 0 Å². The Kier molecular flexibility index (Phi) is 5.25. The zero-order valence-corrected chi connectivity index (χ0v) is 16.6. The first kappa shape index (κ1) is 18.6. The standard InChI is InChI=1S/C24H28N2O3/c27-24(25-10-9-16-11-17-13-28-14-18(12-16)26-17)29-15-23-21-7-3-1-5-19(21)20-6-2-4-8-22(20)23/h1-8,16-18,23,26H,9-15H2,(H,25,27). The van der Waals surface area contributed by atoms with E-state index in [0.29, 0.717) is 31.2 Å². The SMILES string of the molecule is O=C(NCCC1CC2COCC(C1)N2)OCC1c2ccccc2-c2ccccc21. The molecule has 2 bridgehead atoms. The second-order valence-corrected chi connectivity index (χ2v) is 8.48. The van der Waals surface area contributed by atoms with Gasteiger partial charge in [-0.25, -0.2) is 4.79 Å². The minimum Gasteiger partial charge on any atom is -0.449 e. The minimum atomic E-state index is -0.315. The molecule has 2 N–H and O–H groups in total. The van der Waals surface area contributed by atoms with Crippen molar-refractivity contribution in [2.75, 3.05) is 26.4 Å². The van der Waals surface area contributed by atoms with Gasteiger partial charge in [0.2, 0.25) is 0 Å². The van der Waals surface area contributed by atoms with E-state index < -0.39 is 0 Å². The second-order valence-electron chi connectivity index (χ2n) is 8.48. The normalized spacial score (nSPS) is 25.2. The monoisotopic (exact) mass is 392 g/mol. The van der Waals surface area contributed by atoms with Gasteiger partial charge in [-0.15, -0.1) is 0 Å². The van der Waals surface area contributed by atoms with Crippen LogP contribution in [0.3, 0.4) is 0 Å². The predicted octanol–water partition coefficient (Wildman–Crippen LogP) is 3.68. The molecule has 0 radical (unpaired) electrons. The third kappa shape index (κ3) is 3.89. The van der Waals surface area contributed by atoms with Crippen LogP contribution in [0.2, 0.25) is 0 Å². The van der Waals surface area contributed by atoms with Gasteiger partial charge >= 0.3 is 6.09 Å². The maximum Gasteiger partial charge on any atom is 0.407 e. The van der Waals surface area contributed by atoms with Crippen molar-refractivity contribution in [3.8, 4) is 11.1 Å². The molecule has 0 spiro atoms. The summed E-state index contributed by atoms with van der Waals surface area (Å²) in [6, 6.07) is 17.7. The molecule has 2 aromatic rings. The highest BCUT2D eigenvalue weighted by atomic mass is 16.5. The first-order valence-corrected chi connectivity index (χ1v) is 10.7. The van der Waals surface area contributed by atoms with Crippen LogP contribution >= 0.6 is 0 Å². The smallest absolute Gasteiger partial charge is 0.407 e. The number of amides is 1. The van der Waals surface area contributed by atoms with Gasteiger partial charge in [0, 0.05) is 24.5 Å². The van der Waals surface area contributed by atoms with Crippen molar-refractivity contribution in [3.63, 3.8) is 0 Å². The summed E-state index contributed by atoms with van der Waals surface area (Å²) in [5.74, 6) is 0.751. The van der Waals surface area contributed by atoms with Crippen LogP contribution in [0.1, 0.15) is 36.3 Å². The number of ether oxygens (including phenoxy) is 2. The molecule has 5 heteroatoms. The number of hydrogen-bond donors (Lipinski definition) is 2. The number of carbonyl (C=O) groups is 1. The predicted molar refractivity (Wildman–Crippen MR) is 112 cm³/mol. The Morgan fingerprint density at radius 2 is 1.62 bits per heavy atom. The molecule has 152 valence electrons. The molecule has 0 aromatic heterocycles. The van der Waals surface area contributed by atoms with Crippen LogP contribution in [-0.2, 0) is 9.47 Å². The summed E-state index contributed by atoms with van der Waals surface area (Å²) in [5, 5.41) is 6.57. The van der Waals surface area contributed by atoms with Gasteiger partial charge in [0.15, 0.2) is 0 Å².